The number of rotatable bonds is 9. The van der Waals surface area contributed by atoms with Crippen LogP contribution in [0.25, 0.3) is 0 Å². The molecule has 9 nitrogen and oxygen atoms in total. The number of nitrogens with one attached hydrogen (secondary N) is 1. The number of ether oxygens (including phenoxy) is 1. The fourth-order valence-electron chi connectivity index (χ4n) is 3.65. The van der Waals surface area contributed by atoms with E-state index in [-0.39, 0.29) is 12.3 Å². The van der Waals surface area contributed by atoms with E-state index in [0.29, 0.717) is 28.3 Å². The predicted octanol–water partition coefficient (Wildman–Crippen LogP) is 3.86. The fourth-order valence-corrected chi connectivity index (χ4v) is 4.34. The molecule has 2 atom stereocenters. The highest BCUT2D eigenvalue weighted by Gasteiger charge is 2.31. The molecule has 190 valence electrons. The van der Waals surface area contributed by atoms with Gasteiger partial charge in [-0.1, -0.05) is 29.8 Å². The number of likely N-dealkylation sites (N-methyl/N-ethyl adjacent to an activating group) is 1. The molecule has 0 aromatic heterocycles. The Morgan fingerprint density at radius 3 is 2.17 bits per heavy atom. The van der Waals surface area contributed by atoms with E-state index in [0.717, 1.165) is 11.1 Å². The van der Waals surface area contributed by atoms with E-state index >= 15 is 0 Å². The zero-order chi connectivity index (χ0) is 26.4. The number of carbonyl (C=O) groups excluding carboxylic acids is 2. The van der Waals surface area contributed by atoms with Crippen molar-refractivity contribution in [3.05, 3.63) is 89.0 Å². The van der Waals surface area contributed by atoms with Gasteiger partial charge in [0.15, 0.2) is 0 Å². The highest BCUT2D eigenvalue weighted by molar-refractivity contribution is 7.80. The van der Waals surface area contributed by atoms with Gasteiger partial charge in [-0.15, -0.1) is 0 Å². The Morgan fingerprint density at radius 2 is 1.64 bits per heavy atom. The number of nitrogens with zero attached hydrogens (tertiary/aromatic N) is 2. The average Bonchev–Trinajstić information content (AvgIpc) is 2.85. The SMILES string of the molecule is Cc1ccc(N(C(Cc2ccc(Oc3ccc(C(=O)NO)cc3C)cc2)C(=O)N(C)C)S(=O)O)cc1. The van der Waals surface area contributed by atoms with Crippen LogP contribution in [0, 0.1) is 13.8 Å². The summed E-state index contributed by atoms with van der Waals surface area (Å²) in [4.78, 5) is 26.0. The van der Waals surface area contributed by atoms with E-state index in [1.807, 2.05) is 19.1 Å². The van der Waals surface area contributed by atoms with Crippen LogP contribution in [-0.2, 0) is 22.5 Å². The van der Waals surface area contributed by atoms with Crippen molar-refractivity contribution in [2.24, 2.45) is 0 Å². The van der Waals surface area contributed by atoms with Crippen LogP contribution in [0.4, 0.5) is 5.69 Å². The van der Waals surface area contributed by atoms with E-state index in [1.54, 1.807) is 75.0 Å². The maximum Gasteiger partial charge on any atom is 0.274 e. The van der Waals surface area contributed by atoms with Gasteiger partial charge in [0.05, 0.1) is 5.69 Å². The highest BCUT2D eigenvalue weighted by atomic mass is 32.2. The van der Waals surface area contributed by atoms with Crippen LogP contribution in [0.15, 0.2) is 66.7 Å². The van der Waals surface area contributed by atoms with Crippen molar-refractivity contribution in [3.8, 4) is 11.5 Å². The minimum Gasteiger partial charge on any atom is -0.457 e. The third-order valence-corrected chi connectivity index (χ3v) is 6.39. The molecule has 36 heavy (non-hydrogen) atoms. The van der Waals surface area contributed by atoms with Crippen molar-refractivity contribution in [2.75, 3.05) is 18.4 Å². The standard InChI is InChI=1S/C26H29N3O6S/c1-17-5-10-21(11-6-17)29(36(33)34)23(26(31)28(3)4)16-19-7-12-22(13-8-19)35-24-14-9-20(15-18(24)2)25(30)27-32/h5-15,23,32H,16H2,1-4H3,(H,27,30)(H,33,34). The molecule has 2 amide bonds. The fraction of sp³-hybridized carbons (Fsp3) is 0.231. The number of aryl methyl sites for hydroxylation is 2. The lowest BCUT2D eigenvalue weighted by Crippen LogP contribution is -2.48. The lowest BCUT2D eigenvalue weighted by molar-refractivity contribution is -0.129. The first-order chi connectivity index (χ1) is 17.1. The van der Waals surface area contributed by atoms with Gasteiger partial charge in [-0.05, 0) is 67.4 Å². The minimum absolute atomic E-state index is 0.196. The maximum atomic E-state index is 13.0. The van der Waals surface area contributed by atoms with Crippen LogP contribution in [0.1, 0.15) is 27.0 Å². The number of anilines is 1. The van der Waals surface area contributed by atoms with Crippen LogP contribution >= 0.6 is 0 Å². The van der Waals surface area contributed by atoms with Gasteiger partial charge in [0.2, 0.25) is 5.91 Å². The maximum absolute atomic E-state index is 13.0. The second-order valence-corrected chi connectivity index (χ2v) is 9.37. The molecule has 0 bridgehead atoms. The Bertz CT molecular complexity index is 1250. The van der Waals surface area contributed by atoms with Crippen LogP contribution in [0.2, 0.25) is 0 Å². The number of benzene rings is 3. The number of hydrogen-bond donors (Lipinski definition) is 3. The molecule has 0 radical (unpaired) electrons. The molecule has 10 heteroatoms. The second-order valence-electron chi connectivity index (χ2n) is 8.51. The van der Waals surface area contributed by atoms with Crippen molar-refractivity contribution >= 4 is 28.8 Å². The Morgan fingerprint density at radius 1 is 1.00 bits per heavy atom. The molecule has 0 heterocycles. The summed E-state index contributed by atoms with van der Waals surface area (Å²) in [5.41, 5.74) is 4.84. The normalized spacial score (nSPS) is 12.4. The topological polar surface area (TPSA) is 119 Å². The molecule has 0 spiro atoms. The molecule has 3 aromatic rings. The molecule has 3 aromatic carbocycles. The number of hydrogen-bond acceptors (Lipinski definition) is 5. The van der Waals surface area contributed by atoms with Crippen LogP contribution in [-0.4, -0.2) is 50.8 Å². The third-order valence-electron chi connectivity index (χ3n) is 5.58. The van der Waals surface area contributed by atoms with E-state index in [9.17, 15) is 18.4 Å². The van der Waals surface area contributed by atoms with Gasteiger partial charge in [-0.2, -0.15) is 0 Å². The zero-order valence-corrected chi connectivity index (χ0v) is 21.3. The lowest BCUT2D eigenvalue weighted by atomic mass is 10.0. The van der Waals surface area contributed by atoms with E-state index in [4.69, 9.17) is 9.94 Å². The Balaban J connectivity index is 1.83. The Hall–Kier alpha value is -3.73. The Labute approximate surface area is 212 Å². The predicted molar refractivity (Wildman–Crippen MR) is 138 cm³/mol. The van der Waals surface area contributed by atoms with Crippen LogP contribution in [0.5, 0.6) is 11.5 Å². The van der Waals surface area contributed by atoms with Crippen molar-refractivity contribution in [1.29, 1.82) is 0 Å². The molecule has 0 aliphatic carbocycles. The summed E-state index contributed by atoms with van der Waals surface area (Å²) in [7, 11) is 3.22. The van der Waals surface area contributed by atoms with Crippen LogP contribution in [0.3, 0.4) is 0 Å². The molecule has 2 unspecified atom stereocenters. The summed E-state index contributed by atoms with van der Waals surface area (Å²) in [6.45, 7) is 3.70. The van der Waals surface area contributed by atoms with Crippen molar-refractivity contribution in [2.45, 2.75) is 26.3 Å². The van der Waals surface area contributed by atoms with Gasteiger partial charge in [-0.25, -0.2) is 9.69 Å². The first kappa shape index (κ1) is 26.9. The first-order valence-electron chi connectivity index (χ1n) is 11.1. The van der Waals surface area contributed by atoms with Gasteiger partial charge < -0.3 is 9.64 Å². The smallest absolute Gasteiger partial charge is 0.274 e. The van der Waals surface area contributed by atoms with Gasteiger partial charge in [0.25, 0.3) is 17.2 Å². The molecule has 3 rings (SSSR count). The van der Waals surface area contributed by atoms with E-state index < -0.39 is 23.2 Å². The summed E-state index contributed by atoms with van der Waals surface area (Å²) in [6.07, 6.45) is 0.196. The molecule has 0 saturated carbocycles. The number of hydroxylamine groups is 1. The molecule has 0 aliphatic heterocycles. The monoisotopic (exact) mass is 511 g/mol. The number of amides is 2. The minimum atomic E-state index is -2.42. The van der Waals surface area contributed by atoms with Gasteiger partial charge >= 0.3 is 0 Å². The summed E-state index contributed by atoms with van der Waals surface area (Å²) in [5.74, 6) is 0.164. The number of carbonyl (C=O) groups is 2. The third kappa shape index (κ3) is 6.48. The van der Waals surface area contributed by atoms with Gasteiger partial charge in [0.1, 0.15) is 17.5 Å². The summed E-state index contributed by atoms with van der Waals surface area (Å²) in [6, 6.07) is 18.0. The second kappa shape index (κ2) is 11.8. The van der Waals surface area contributed by atoms with Crippen molar-refractivity contribution in [3.63, 3.8) is 0 Å². The summed E-state index contributed by atoms with van der Waals surface area (Å²) < 4.78 is 29.5. The molecular weight excluding hydrogens is 482 g/mol. The molecule has 0 aliphatic rings. The molecular formula is C26H29N3O6S. The van der Waals surface area contributed by atoms with Crippen LogP contribution < -0.4 is 14.5 Å². The van der Waals surface area contributed by atoms with E-state index in [1.165, 1.54) is 15.3 Å². The largest absolute Gasteiger partial charge is 0.457 e. The van der Waals surface area contributed by atoms with E-state index in [2.05, 4.69) is 0 Å². The van der Waals surface area contributed by atoms with Gasteiger partial charge in [-0.3, -0.25) is 23.7 Å². The summed E-state index contributed by atoms with van der Waals surface area (Å²) >= 11 is -2.42. The quantitative estimate of drug-likeness (QED) is 0.228. The highest BCUT2D eigenvalue weighted by Crippen LogP contribution is 2.27. The Kier molecular flexibility index (Phi) is 8.81. The van der Waals surface area contributed by atoms with Gasteiger partial charge in [0, 0.05) is 26.1 Å². The zero-order valence-electron chi connectivity index (χ0n) is 20.5. The molecule has 0 fully saturated rings. The first-order valence-corrected chi connectivity index (χ1v) is 12.2. The average molecular weight is 512 g/mol. The van der Waals surface area contributed by atoms with Crippen molar-refractivity contribution in [1.82, 2.24) is 10.4 Å². The molecule has 0 saturated heterocycles. The lowest BCUT2D eigenvalue weighted by Gasteiger charge is -2.31. The summed E-state index contributed by atoms with van der Waals surface area (Å²) in [5, 5.41) is 8.79. The van der Waals surface area contributed by atoms with Crippen molar-refractivity contribution < 1.29 is 28.3 Å². The molecule has 3 N–H and O–H groups in total.